The summed E-state index contributed by atoms with van der Waals surface area (Å²) in [5, 5.41) is 12.3. The first-order chi connectivity index (χ1) is 10.1. The van der Waals surface area contributed by atoms with Crippen molar-refractivity contribution in [2.75, 3.05) is 0 Å². The molecule has 0 saturated heterocycles. The minimum absolute atomic E-state index is 0.0823. The quantitative estimate of drug-likeness (QED) is 0.779. The smallest absolute Gasteiger partial charge is 0.237 e. The van der Waals surface area contributed by atoms with Gasteiger partial charge in [-0.3, -0.25) is 4.79 Å². The third-order valence-electron chi connectivity index (χ3n) is 4.46. The van der Waals surface area contributed by atoms with Gasteiger partial charge in [-0.2, -0.15) is 0 Å². The van der Waals surface area contributed by atoms with Crippen LogP contribution in [0.1, 0.15) is 44.6 Å². The maximum absolute atomic E-state index is 12.2. The number of phenols is 1. The predicted octanol–water partition coefficient (Wildman–Crippen LogP) is 2.35. The standard InChI is InChI=1S/C17H26N2O2/c1-12(14-5-3-2-4-6-14)19-17(21)16(18)11-13-7-9-15(20)10-8-13/h7-10,12,14,16,20H,2-6,11,18H2,1H3,(H,19,21)/t12-,16+/m1/s1. The molecule has 0 radical (unpaired) electrons. The van der Waals surface area contributed by atoms with Crippen LogP contribution in [0, 0.1) is 5.92 Å². The van der Waals surface area contributed by atoms with Gasteiger partial charge in [-0.15, -0.1) is 0 Å². The van der Waals surface area contributed by atoms with E-state index in [9.17, 15) is 9.90 Å². The number of nitrogens with one attached hydrogen (secondary N) is 1. The fourth-order valence-electron chi connectivity index (χ4n) is 3.06. The number of aromatic hydroxyl groups is 1. The van der Waals surface area contributed by atoms with Gasteiger partial charge in [-0.05, 0) is 49.8 Å². The van der Waals surface area contributed by atoms with E-state index in [1.54, 1.807) is 24.3 Å². The van der Waals surface area contributed by atoms with Crippen molar-refractivity contribution >= 4 is 5.91 Å². The average Bonchev–Trinajstić information content (AvgIpc) is 2.50. The zero-order valence-electron chi connectivity index (χ0n) is 12.7. The van der Waals surface area contributed by atoms with E-state index in [0.29, 0.717) is 12.3 Å². The molecule has 21 heavy (non-hydrogen) atoms. The van der Waals surface area contributed by atoms with Gasteiger partial charge >= 0.3 is 0 Å². The van der Waals surface area contributed by atoms with Crippen LogP contribution in [0.4, 0.5) is 0 Å². The zero-order valence-corrected chi connectivity index (χ0v) is 12.7. The molecule has 116 valence electrons. The molecule has 0 unspecified atom stereocenters. The number of rotatable bonds is 5. The highest BCUT2D eigenvalue weighted by molar-refractivity contribution is 5.82. The molecule has 1 aliphatic carbocycles. The second-order valence-corrected chi connectivity index (χ2v) is 6.17. The highest BCUT2D eigenvalue weighted by Crippen LogP contribution is 2.26. The van der Waals surface area contributed by atoms with Crippen LogP contribution >= 0.6 is 0 Å². The Morgan fingerprint density at radius 2 is 1.90 bits per heavy atom. The Bertz CT molecular complexity index is 452. The first kappa shape index (κ1) is 15.8. The Hall–Kier alpha value is -1.55. The van der Waals surface area contributed by atoms with Gasteiger partial charge in [0.15, 0.2) is 0 Å². The average molecular weight is 290 g/mol. The number of carbonyl (C=O) groups is 1. The van der Waals surface area contributed by atoms with Crippen LogP contribution in [0.15, 0.2) is 24.3 Å². The largest absolute Gasteiger partial charge is 0.508 e. The molecule has 1 aromatic rings. The van der Waals surface area contributed by atoms with E-state index in [2.05, 4.69) is 12.2 Å². The summed E-state index contributed by atoms with van der Waals surface area (Å²) in [4.78, 5) is 12.2. The molecule has 0 bridgehead atoms. The molecule has 1 saturated carbocycles. The molecule has 4 N–H and O–H groups in total. The number of amides is 1. The highest BCUT2D eigenvalue weighted by Gasteiger charge is 2.23. The lowest BCUT2D eigenvalue weighted by molar-refractivity contribution is -0.123. The molecule has 0 aromatic heterocycles. The van der Waals surface area contributed by atoms with Crippen LogP contribution in [-0.4, -0.2) is 23.1 Å². The first-order valence-electron chi connectivity index (χ1n) is 7.90. The van der Waals surface area contributed by atoms with Crippen molar-refractivity contribution in [1.29, 1.82) is 0 Å². The monoisotopic (exact) mass is 290 g/mol. The van der Waals surface area contributed by atoms with Gasteiger partial charge in [0.2, 0.25) is 5.91 Å². The van der Waals surface area contributed by atoms with Crippen molar-refractivity contribution in [3.8, 4) is 5.75 Å². The van der Waals surface area contributed by atoms with Crippen molar-refractivity contribution in [2.24, 2.45) is 11.7 Å². The van der Waals surface area contributed by atoms with Crippen LogP contribution in [0.3, 0.4) is 0 Å². The lowest BCUT2D eigenvalue weighted by Gasteiger charge is -2.29. The topological polar surface area (TPSA) is 75.4 Å². The summed E-state index contributed by atoms with van der Waals surface area (Å²) in [5.41, 5.74) is 6.95. The second kappa shape index (κ2) is 7.46. The third-order valence-corrected chi connectivity index (χ3v) is 4.46. The molecule has 1 aromatic carbocycles. The number of nitrogens with two attached hydrogens (primary N) is 1. The molecule has 1 aliphatic rings. The lowest BCUT2D eigenvalue weighted by Crippen LogP contribution is -2.48. The normalized spacial score (nSPS) is 19.0. The van der Waals surface area contributed by atoms with Crippen LogP contribution in [0.25, 0.3) is 0 Å². The molecule has 4 heteroatoms. The Labute approximate surface area is 126 Å². The van der Waals surface area contributed by atoms with Crippen LogP contribution in [0.5, 0.6) is 5.75 Å². The summed E-state index contributed by atoms with van der Waals surface area (Å²) in [5.74, 6) is 0.729. The summed E-state index contributed by atoms with van der Waals surface area (Å²) < 4.78 is 0. The van der Waals surface area contributed by atoms with Gasteiger partial charge in [0, 0.05) is 6.04 Å². The first-order valence-corrected chi connectivity index (χ1v) is 7.90. The zero-order chi connectivity index (χ0) is 15.2. The molecule has 0 spiro atoms. The number of carbonyl (C=O) groups excluding carboxylic acids is 1. The molecule has 1 amide bonds. The molecular formula is C17H26N2O2. The van der Waals surface area contributed by atoms with E-state index >= 15 is 0 Å². The van der Waals surface area contributed by atoms with Gasteiger partial charge in [0.25, 0.3) is 0 Å². The van der Waals surface area contributed by atoms with Crippen molar-refractivity contribution < 1.29 is 9.90 Å². The molecule has 1 fully saturated rings. The fourth-order valence-corrected chi connectivity index (χ4v) is 3.06. The van der Waals surface area contributed by atoms with Gasteiger partial charge in [0.1, 0.15) is 5.75 Å². The molecule has 2 rings (SSSR count). The number of phenolic OH excluding ortho intramolecular Hbond substituents is 1. The number of benzene rings is 1. The molecule has 0 aliphatic heterocycles. The van der Waals surface area contributed by atoms with E-state index in [4.69, 9.17) is 5.73 Å². The Balaban J connectivity index is 1.82. The highest BCUT2D eigenvalue weighted by atomic mass is 16.3. The van der Waals surface area contributed by atoms with Crippen molar-refractivity contribution in [1.82, 2.24) is 5.32 Å². The molecular weight excluding hydrogens is 264 g/mol. The minimum Gasteiger partial charge on any atom is -0.508 e. The Kier molecular flexibility index (Phi) is 5.62. The van der Waals surface area contributed by atoms with E-state index in [1.165, 1.54) is 32.1 Å². The van der Waals surface area contributed by atoms with Gasteiger partial charge in [-0.25, -0.2) is 0 Å². The minimum atomic E-state index is -0.541. The van der Waals surface area contributed by atoms with Crippen LogP contribution in [0.2, 0.25) is 0 Å². The molecule has 4 nitrogen and oxygen atoms in total. The molecule has 0 heterocycles. The van der Waals surface area contributed by atoms with Gasteiger partial charge in [0.05, 0.1) is 6.04 Å². The molecule has 2 atom stereocenters. The van der Waals surface area contributed by atoms with Gasteiger partial charge < -0.3 is 16.2 Å². The van der Waals surface area contributed by atoms with E-state index in [0.717, 1.165) is 5.56 Å². The fraction of sp³-hybridized carbons (Fsp3) is 0.588. The van der Waals surface area contributed by atoms with Crippen molar-refractivity contribution in [2.45, 2.75) is 57.5 Å². The maximum atomic E-state index is 12.2. The SMILES string of the molecule is C[C@@H](NC(=O)[C@@H](N)Cc1ccc(O)cc1)C1CCCCC1. The van der Waals surface area contributed by atoms with Crippen molar-refractivity contribution in [3.05, 3.63) is 29.8 Å². The number of hydrogen-bond acceptors (Lipinski definition) is 3. The second-order valence-electron chi connectivity index (χ2n) is 6.17. The Morgan fingerprint density at radius 3 is 2.52 bits per heavy atom. The Morgan fingerprint density at radius 1 is 1.29 bits per heavy atom. The third kappa shape index (κ3) is 4.74. The van der Waals surface area contributed by atoms with Gasteiger partial charge in [-0.1, -0.05) is 31.4 Å². The summed E-state index contributed by atoms with van der Waals surface area (Å²) in [6.07, 6.45) is 6.75. The summed E-state index contributed by atoms with van der Waals surface area (Å²) in [6, 6.07) is 6.49. The van der Waals surface area contributed by atoms with Crippen molar-refractivity contribution in [3.63, 3.8) is 0 Å². The van der Waals surface area contributed by atoms with Crippen LogP contribution in [-0.2, 0) is 11.2 Å². The maximum Gasteiger partial charge on any atom is 0.237 e. The van der Waals surface area contributed by atoms with E-state index < -0.39 is 6.04 Å². The van der Waals surface area contributed by atoms with E-state index in [1.807, 2.05) is 0 Å². The van der Waals surface area contributed by atoms with E-state index in [-0.39, 0.29) is 17.7 Å². The predicted molar refractivity (Wildman–Crippen MR) is 84.0 cm³/mol. The summed E-state index contributed by atoms with van der Waals surface area (Å²) >= 11 is 0. The lowest BCUT2D eigenvalue weighted by atomic mass is 9.84. The summed E-state index contributed by atoms with van der Waals surface area (Å²) in [7, 11) is 0. The number of hydrogen-bond donors (Lipinski definition) is 3. The summed E-state index contributed by atoms with van der Waals surface area (Å²) in [6.45, 7) is 2.08. The van der Waals surface area contributed by atoms with Crippen LogP contribution < -0.4 is 11.1 Å².